The van der Waals surface area contributed by atoms with Crippen molar-refractivity contribution < 1.29 is 8.85 Å². The molecule has 0 aromatic heterocycles. The molecule has 0 N–H and O–H groups in total. The summed E-state index contributed by atoms with van der Waals surface area (Å²) in [7, 11) is -2.91. The maximum atomic E-state index is 6.64. The third kappa shape index (κ3) is 4.38. The van der Waals surface area contributed by atoms with Crippen LogP contribution in [0, 0.1) is 28.6 Å². The largest absolute Gasteiger partial charge is 0.415 e. The monoisotopic (exact) mass is 434 g/mol. The van der Waals surface area contributed by atoms with Gasteiger partial charge in [-0.25, -0.2) is 0 Å². The molecule has 4 heteroatoms. The fourth-order valence-electron chi connectivity index (χ4n) is 7.81. The van der Waals surface area contributed by atoms with Gasteiger partial charge in [0.05, 0.1) is 0 Å². The summed E-state index contributed by atoms with van der Waals surface area (Å²) in [6.07, 6.45) is 14.3. The minimum atomic E-state index is -1.46. The molecule has 2 nitrogen and oxygen atoms in total. The Balaban J connectivity index is 1.52. The lowest BCUT2D eigenvalue weighted by molar-refractivity contribution is -0.0344. The SMILES string of the molecule is C[C@]12CC[C@H]3[C@@H](CC=C4CC(O[Si](C)(C)C)CC[C@@]43C)[C@@H]1CC(O[Si](C)(C)C)C2. The van der Waals surface area contributed by atoms with Crippen molar-refractivity contribution in [3.8, 4) is 0 Å². The molecule has 0 spiro atoms. The van der Waals surface area contributed by atoms with Gasteiger partial charge in [0.15, 0.2) is 16.6 Å². The third-order valence-electron chi connectivity index (χ3n) is 8.83. The zero-order chi connectivity index (χ0) is 21.2. The number of fused-ring (bicyclic) bond motifs is 5. The summed E-state index contributed by atoms with van der Waals surface area (Å²) in [6, 6.07) is 0. The second-order valence-electron chi connectivity index (χ2n) is 13.3. The number of allylic oxidation sites excluding steroid dienone is 1. The molecular formula is C25H46O2Si2. The Bertz CT molecular complexity index is 661. The number of rotatable bonds is 4. The average molecular weight is 435 g/mol. The van der Waals surface area contributed by atoms with Gasteiger partial charge in [0, 0.05) is 12.2 Å². The highest BCUT2D eigenvalue weighted by Gasteiger charge is 2.58. The molecule has 0 radical (unpaired) electrons. The average Bonchev–Trinajstić information content (AvgIpc) is 2.88. The molecule has 0 amide bonds. The van der Waals surface area contributed by atoms with Crippen molar-refractivity contribution >= 4 is 16.6 Å². The van der Waals surface area contributed by atoms with E-state index in [-0.39, 0.29) is 0 Å². The molecule has 0 bridgehead atoms. The molecule has 7 atom stereocenters. The van der Waals surface area contributed by atoms with Crippen molar-refractivity contribution in [1.29, 1.82) is 0 Å². The van der Waals surface area contributed by atoms with Crippen molar-refractivity contribution in [2.45, 2.75) is 117 Å². The quantitative estimate of drug-likeness (QED) is 0.339. The van der Waals surface area contributed by atoms with Gasteiger partial charge in [-0.15, -0.1) is 0 Å². The normalized spacial score (nSPS) is 45.2. The van der Waals surface area contributed by atoms with Crippen molar-refractivity contribution in [2.24, 2.45) is 28.6 Å². The summed E-state index contributed by atoms with van der Waals surface area (Å²) in [6.45, 7) is 19.3. The van der Waals surface area contributed by atoms with E-state index in [1.165, 1.54) is 51.4 Å². The topological polar surface area (TPSA) is 18.5 Å². The van der Waals surface area contributed by atoms with Crippen LogP contribution in [0.15, 0.2) is 11.6 Å². The molecule has 3 fully saturated rings. The highest BCUT2D eigenvalue weighted by Crippen LogP contribution is 2.65. The molecule has 4 rings (SSSR count). The molecule has 3 saturated carbocycles. The Morgan fingerprint density at radius 3 is 2.17 bits per heavy atom. The summed E-state index contributed by atoms with van der Waals surface area (Å²) in [5.41, 5.74) is 2.71. The van der Waals surface area contributed by atoms with Crippen LogP contribution in [0.2, 0.25) is 39.3 Å². The van der Waals surface area contributed by atoms with Gasteiger partial charge in [-0.2, -0.15) is 0 Å². The molecule has 0 aromatic carbocycles. The zero-order valence-corrected chi connectivity index (χ0v) is 22.4. The zero-order valence-electron chi connectivity index (χ0n) is 20.4. The lowest BCUT2D eigenvalue weighted by Crippen LogP contribution is -2.50. The molecule has 0 heterocycles. The lowest BCUT2D eigenvalue weighted by atomic mass is 9.48. The Hall–Kier alpha value is 0.0938. The molecule has 166 valence electrons. The molecule has 4 aliphatic rings. The van der Waals surface area contributed by atoms with E-state index in [0.29, 0.717) is 23.0 Å². The molecule has 29 heavy (non-hydrogen) atoms. The first-order valence-corrected chi connectivity index (χ1v) is 19.2. The maximum absolute atomic E-state index is 6.64. The van der Waals surface area contributed by atoms with E-state index in [4.69, 9.17) is 8.85 Å². The second-order valence-corrected chi connectivity index (χ2v) is 22.3. The predicted molar refractivity (Wildman–Crippen MR) is 128 cm³/mol. The molecule has 0 aliphatic heterocycles. The van der Waals surface area contributed by atoms with E-state index in [2.05, 4.69) is 59.2 Å². The highest BCUT2D eigenvalue weighted by atomic mass is 28.4. The smallest absolute Gasteiger partial charge is 0.184 e. The Kier molecular flexibility index (Phi) is 5.62. The van der Waals surface area contributed by atoms with Crippen LogP contribution < -0.4 is 0 Å². The number of hydrogen-bond donors (Lipinski definition) is 0. The highest BCUT2D eigenvalue weighted by molar-refractivity contribution is 6.70. The van der Waals surface area contributed by atoms with Gasteiger partial charge in [0.25, 0.3) is 0 Å². The van der Waals surface area contributed by atoms with Crippen LogP contribution in [0.1, 0.15) is 65.2 Å². The van der Waals surface area contributed by atoms with Crippen molar-refractivity contribution in [1.82, 2.24) is 0 Å². The van der Waals surface area contributed by atoms with Crippen LogP contribution in [-0.2, 0) is 8.85 Å². The lowest BCUT2D eigenvalue weighted by Gasteiger charge is -2.57. The van der Waals surface area contributed by atoms with Crippen LogP contribution >= 0.6 is 0 Å². The number of hydrogen-bond acceptors (Lipinski definition) is 2. The third-order valence-corrected chi connectivity index (χ3v) is 10.9. The van der Waals surface area contributed by atoms with E-state index in [1.54, 1.807) is 5.57 Å². The van der Waals surface area contributed by atoms with E-state index in [0.717, 1.165) is 17.8 Å². The standard InChI is InChI=1S/C25H46O2Si2/c1-24-13-12-22-21(23(24)16-20(17-24)27-29(6,7)8)10-9-18-15-19(26-28(3,4)5)11-14-25(18,22)2/h9,19-23H,10-17H2,1-8H3/t19?,20?,21-,22+,23+,24-,25+/m1/s1. The molecular weight excluding hydrogens is 388 g/mol. The van der Waals surface area contributed by atoms with Gasteiger partial charge in [-0.05, 0) is 119 Å². The minimum Gasteiger partial charge on any atom is -0.415 e. The summed E-state index contributed by atoms with van der Waals surface area (Å²) < 4.78 is 13.2. The van der Waals surface area contributed by atoms with Gasteiger partial charge < -0.3 is 8.85 Å². The van der Waals surface area contributed by atoms with E-state index in [1.807, 2.05) is 0 Å². The van der Waals surface area contributed by atoms with Gasteiger partial charge >= 0.3 is 0 Å². The summed E-state index contributed by atoms with van der Waals surface area (Å²) in [4.78, 5) is 0. The molecule has 2 unspecified atom stereocenters. The van der Waals surface area contributed by atoms with Gasteiger partial charge in [0.1, 0.15) is 0 Å². The van der Waals surface area contributed by atoms with E-state index in [9.17, 15) is 0 Å². The van der Waals surface area contributed by atoms with Gasteiger partial charge in [-0.1, -0.05) is 25.5 Å². The summed E-state index contributed by atoms with van der Waals surface area (Å²) >= 11 is 0. The van der Waals surface area contributed by atoms with Crippen molar-refractivity contribution in [3.05, 3.63) is 11.6 Å². The Morgan fingerprint density at radius 2 is 1.52 bits per heavy atom. The molecule has 4 aliphatic carbocycles. The Morgan fingerprint density at radius 1 is 0.862 bits per heavy atom. The fourth-order valence-corrected chi connectivity index (χ4v) is 10.2. The first kappa shape index (κ1) is 22.3. The first-order chi connectivity index (χ1) is 13.3. The fraction of sp³-hybridized carbons (Fsp3) is 0.920. The first-order valence-electron chi connectivity index (χ1n) is 12.3. The molecule has 0 aromatic rings. The van der Waals surface area contributed by atoms with Crippen molar-refractivity contribution in [2.75, 3.05) is 0 Å². The second kappa shape index (κ2) is 7.32. The van der Waals surface area contributed by atoms with Crippen molar-refractivity contribution in [3.63, 3.8) is 0 Å². The minimum absolute atomic E-state index is 0.432. The summed E-state index contributed by atoms with van der Waals surface area (Å²) in [5.74, 6) is 2.64. The maximum Gasteiger partial charge on any atom is 0.184 e. The summed E-state index contributed by atoms with van der Waals surface area (Å²) in [5, 5.41) is 0. The van der Waals surface area contributed by atoms with Gasteiger partial charge in [0.2, 0.25) is 0 Å². The van der Waals surface area contributed by atoms with Crippen LogP contribution in [0.3, 0.4) is 0 Å². The van der Waals surface area contributed by atoms with Crippen LogP contribution in [0.4, 0.5) is 0 Å². The van der Waals surface area contributed by atoms with Crippen LogP contribution in [0.25, 0.3) is 0 Å². The Labute approximate surface area is 182 Å². The van der Waals surface area contributed by atoms with Gasteiger partial charge in [-0.3, -0.25) is 0 Å². The van der Waals surface area contributed by atoms with Crippen LogP contribution in [-0.4, -0.2) is 28.8 Å². The predicted octanol–water partition coefficient (Wildman–Crippen LogP) is 7.39. The van der Waals surface area contributed by atoms with E-state index < -0.39 is 16.6 Å². The molecule has 0 saturated heterocycles. The van der Waals surface area contributed by atoms with Crippen LogP contribution in [0.5, 0.6) is 0 Å². The van der Waals surface area contributed by atoms with E-state index >= 15 is 0 Å².